The number of hydrogen-bond donors (Lipinski definition) is 0. The highest BCUT2D eigenvalue weighted by Crippen LogP contribution is 2.24. The molecule has 0 bridgehead atoms. The van der Waals surface area contributed by atoms with Gasteiger partial charge < -0.3 is 14.5 Å². The molecule has 0 spiro atoms. The lowest BCUT2D eigenvalue weighted by Crippen LogP contribution is -2.54. The summed E-state index contributed by atoms with van der Waals surface area (Å²) in [6, 6.07) is 10.4. The van der Waals surface area contributed by atoms with E-state index in [4.69, 9.17) is 4.74 Å². The van der Waals surface area contributed by atoms with E-state index in [0.29, 0.717) is 39.3 Å². The fraction of sp³-hybridized carbons (Fsp3) is 0.579. The maximum atomic E-state index is 12.7. The monoisotopic (exact) mass is 345 g/mol. The van der Waals surface area contributed by atoms with E-state index in [-0.39, 0.29) is 24.0 Å². The Balaban J connectivity index is 1.56. The summed E-state index contributed by atoms with van der Waals surface area (Å²) in [6.45, 7) is 7.96. The van der Waals surface area contributed by atoms with Gasteiger partial charge in [0.15, 0.2) is 0 Å². The van der Waals surface area contributed by atoms with Crippen molar-refractivity contribution >= 4 is 11.8 Å². The number of carbonyl (C=O) groups excluding carboxylic acids is 2. The van der Waals surface area contributed by atoms with Gasteiger partial charge >= 0.3 is 0 Å². The minimum atomic E-state index is 0.0137. The number of benzene rings is 1. The first-order chi connectivity index (χ1) is 12.0. The number of nitrogens with zero attached hydrogens (tertiary/aromatic N) is 3. The lowest BCUT2D eigenvalue weighted by atomic mass is 10.1. The molecule has 1 aromatic rings. The quantitative estimate of drug-likeness (QED) is 0.824. The number of morpholine rings is 1. The van der Waals surface area contributed by atoms with Crippen molar-refractivity contribution in [2.45, 2.75) is 26.0 Å². The minimum absolute atomic E-state index is 0.0137. The molecular weight excluding hydrogens is 318 g/mol. The Bertz CT molecular complexity index is 599. The summed E-state index contributed by atoms with van der Waals surface area (Å²) < 4.78 is 5.96. The summed E-state index contributed by atoms with van der Waals surface area (Å²) in [7, 11) is 0. The van der Waals surface area contributed by atoms with Crippen molar-refractivity contribution in [3.05, 3.63) is 35.9 Å². The average molecular weight is 345 g/mol. The second-order valence-corrected chi connectivity index (χ2v) is 6.90. The predicted octanol–water partition coefficient (Wildman–Crippen LogP) is 1.14. The lowest BCUT2D eigenvalue weighted by Gasteiger charge is -2.40. The van der Waals surface area contributed by atoms with Crippen molar-refractivity contribution in [1.29, 1.82) is 0 Å². The molecule has 0 saturated carbocycles. The van der Waals surface area contributed by atoms with Crippen LogP contribution in [0.4, 0.5) is 0 Å². The molecule has 136 valence electrons. The van der Waals surface area contributed by atoms with Crippen LogP contribution in [0.1, 0.15) is 25.5 Å². The van der Waals surface area contributed by atoms with E-state index in [2.05, 4.69) is 24.0 Å². The molecule has 0 aromatic heterocycles. The Morgan fingerprint density at radius 3 is 2.36 bits per heavy atom. The highest BCUT2D eigenvalue weighted by atomic mass is 16.5. The van der Waals surface area contributed by atoms with Crippen LogP contribution in [-0.4, -0.2) is 78.4 Å². The molecule has 2 atom stereocenters. The second kappa shape index (κ2) is 7.97. The third-order valence-corrected chi connectivity index (χ3v) is 5.15. The van der Waals surface area contributed by atoms with Crippen LogP contribution in [0.5, 0.6) is 0 Å². The van der Waals surface area contributed by atoms with Crippen LogP contribution in [0.15, 0.2) is 30.3 Å². The number of piperazine rings is 1. The molecule has 2 saturated heterocycles. The summed E-state index contributed by atoms with van der Waals surface area (Å²) in [5, 5.41) is 0. The Hall–Kier alpha value is -1.92. The fourth-order valence-electron chi connectivity index (χ4n) is 3.44. The lowest BCUT2D eigenvalue weighted by molar-refractivity contribution is -0.141. The van der Waals surface area contributed by atoms with E-state index in [1.165, 1.54) is 0 Å². The first-order valence-electron chi connectivity index (χ1n) is 8.98. The Morgan fingerprint density at radius 1 is 1.08 bits per heavy atom. The van der Waals surface area contributed by atoms with Gasteiger partial charge in [0, 0.05) is 45.7 Å². The van der Waals surface area contributed by atoms with Gasteiger partial charge in [-0.15, -0.1) is 0 Å². The van der Waals surface area contributed by atoms with Crippen LogP contribution in [0.2, 0.25) is 0 Å². The molecule has 0 radical (unpaired) electrons. The standard InChI is InChI=1S/C19H27N3O3/c1-15-14-25-18(17-6-4-3-5-7-17)12-22(15)13-19(24)21-10-8-20(9-11-21)16(2)23/h3-7,15,18H,8-14H2,1-2H3/t15-,18-/m1/s1. The maximum absolute atomic E-state index is 12.7. The number of ether oxygens (including phenoxy) is 1. The summed E-state index contributed by atoms with van der Waals surface area (Å²) in [5.41, 5.74) is 1.15. The van der Waals surface area contributed by atoms with E-state index in [1.807, 2.05) is 23.1 Å². The van der Waals surface area contributed by atoms with E-state index in [9.17, 15) is 9.59 Å². The molecule has 2 aliphatic rings. The highest BCUT2D eigenvalue weighted by molar-refractivity contribution is 5.79. The van der Waals surface area contributed by atoms with Gasteiger partial charge in [-0.1, -0.05) is 30.3 Å². The van der Waals surface area contributed by atoms with Crippen LogP contribution >= 0.6 is 0 Å². The largest absolute Gasteiger partial charge is 0.371 e. The van der Waals surface area contributed by atoms with E-state index < -0.39 is 0 Å². The Kier molecular flexibility index (Phi) is 5.71. The predicted molar refractivity (Wildman–Crippen MR) is 95.0 cm³/mol. The van der Waals surface area contributed by atoms with Crippen LogP contribution in [0.25, 0.3) is 0 Å². The molecule has 0 N–H and O–H groups in total. The topological polar surface area (TPSA) is 53.1 Å². The molecule has 0 unspecified atom stereocenters. The van der Waals surface area contributed by atoms with Crippen molar-refractivity contribution in [2.75, 3.05) is 45.9 Å². The first kappa shape index (κ1) is 17.9. The van der Waals surface area contributed by atoms with Crippen molar-refractivity contribution in [2.24, 2.45) is 0 Å². The molecule has 0 aliphatic carbocycles. The van der Waals surface area contributed by atoms with Crippen molar-refractivity contribution in [3.63, 3.8) is 0 Å². The third kappa shape index (κ3) is 4.38. The van der Waals surface area contributed by atoms with Crippen LogP contribution in [0.3, 0.4) is 0 Å². The van der Waals surface area contributed by atoms with E-state index >= 15 is 0 Å². The average Bonchev–Trinajstić information content (AvgIpc) is 2.64. The van der Waals surface area contributed by atoms with Gasteiger partial charge in [0.25, 0.3) is 0 Å². The SMILES string of the molecule is CC(=O)N1CCN(C(=O)CN2C[C@H](c3ccccc3)OC[C@H]2C)CC1. The van der Waals surface area contributed by atoms with Crippen molar-refractivity contribution in [1.82, 2.24) is 14.7 Å². The fourth-order valence-corrected chi connectivity index (χ4v) is 3.44. The van der Waals surface area contributed by atoms with Crippen LogP contribution in [-0.2, 0) is 14.3 Å². The van der Waals surface area contributed by atoms with Gasteiger partial charge in [-0.25, -0.2) is 0 Å². The summed E-state index contributed by atoms with van der Waals surface area (Å²) >= 11 is 0. The zero-order valence-electron chi connectivity index (χ0n) is 15.1. The summed E-state index contributed by atoms with van der Waals surface area (Å²) in [6.07, 6.45) is 0.0137. The molecule has 1 aromatic carbocycles. The van der Waals surface area contributed by atoms with Gasteiger partial charge in [-0.3, -0.25) is 14.5 Å². The van der Waals surface area contributed by atoms with Gasteiger partial charge in [0.1, 0.15) is 0 Å². The Morgan fingerprint density at radius 2 is 1.72 bits per heavy atom. The first-order valence-corrected chi connectivity index (χ1v) is 8.98. The summed E-state index contributed by atoms with van der Waals surface area (Å²) in [5.74, 6) is 0.225. The second-order valence-electron chi connectivity index (χ2n) is 6.90. The number of rotatable bonds is 3. The molecular formula is C19H27N3O3. The highest BCUT2D eigenvalue weighted by Gasteiger charge is 2.30. The molecule has 6 nitrogen and oxygen atoms in total. The molecule has 2 heterocycles. The number of carbonyl (C=O) groups is 2. The van der Waals surface area contributed by atoms with Gasteiger partial charge in [0.2, 0.25) is 11.8 Å². The van der Waals surface area contributed by atoms with Crippen molar-refractivity contribution < 1.29 is 14.3 Å². The van der Waals surface area contributed by atoms with E-state index in [1.54, 1.807) is 11.8 Å². The molecule has 2 aliphatic heterocycles. The smallest absolute Gasteiger partial charge is 0.236 e. The zero-order valence-corrected chi connectivity index (χ0v) is 15.1. The molecule has 2 fully saturated rings. The van der Waals surface area contributed by atoms with Crippen LogP contribution in [0, 0.1) is 0 Å². The molecule has 3 rings (SSSR count). The molecule has 25 heavy (non-hydrogen) atoms. The maximum Gasteiger partial charge on any atom is 0.236 e. The van der Waals surface area contributed by atoms with E-state index in [0.717, 1.165) is 12.1 Å². The Labute approximate surface area is 149 Å². The molecule has 2 amide bonds. The van der Waals surface area contributed by atoms with Crippen molar-refractivity contribution in [3.8, 4) is 0 Å². The third-order valence-electron chi connectivity index (χ3n) is 5.15. The molecule has 6 heteroatoms. The minimum Gasteiger partial charge on any atom is -0.371 e. The zero-order chi connectivity index (χ0) is 17.8. The van der Waals surface area contributed by atoms with Gasteiger partial charge in [-0.2, -0.15) is 0 Å². The van der Waals surface area contributed by atoms with Gasteiger partial charge in [0.05, 0.1) is 19.3 Å². The number of amides is 2. The normalized spacial score (nSPS) is 25.0. The number of hydrogen-bond acceptors (Lipinski definition) is 4. The van der Waals surface area contributed by atoms with Crippen LogP contribution < -0.4 is 0 Å². The summed E-state index contributed by atoms with van der Waals surface area (Å²) in [4.78, 5) is 30.0. The van der Waals surface area contributed by atoms with Gasteiger partial charge in [-0.05, 0) is 12.5 Å².